The molecule has 0 spiro atoms. The Balaban J connectivity index is 1.90. The van der Waals surface area contributed by atoms with E-state index in [9.17, 15) is 24.8 Å². The van der Waals surface area contributed by atoms with E-state index in [1.54, 1.807) is 24.3 Å². The molecule has 1 aromatic heterocycles. The molecule has 172 valence electrons. The number of nitrogens with zero attached hydrogens (tertiary/aromatic N) is 3. The first-order chi connectivity index (χ1) is 16.1. The molecule has 1 aliphatic heterocycles. The van der Waals surface area contributed by atoms with Gasteiger partial charge in [0.2, 0.25) is 0 Å². The minimum absolute atomic E-state index is 0.0781. The Labute approximate surface area is 196 Å². The van der Waals surface area contributed by atoms with E-state index in [4.69, 9.17) is 0 Å². The van der Waals surface area contributed by atoms with Crippen molar-refractivity contribution in [1.82, 2.24) is 4.98 Å². The number of hydrogen-bond acceptors (Lipinski definition) is 6. The smallest absolute Gasteiger partial charge is 0.300 e. The Morgan fingerprint density at radius 1 is 1.03 bits per heavy atom. The van der Waals surface area contributed by atoms with Gasteiger partial charge in [0.25, 0.3) is 17.4 Å². The Kier molecular flexibility index (Phi) is 5.75. The molecule has 1 aliphatic rings. The summed E-state index contributed by atoms with van der Waals surface area (Å²) in [5.74, 6) is -2.14. The fourth-order valence-corrected chi connectivity index (χ4v) is 4.00. The summed E-state index contributed by atoms with van der Waals surface area (Å²) in [5.41, 5.74) is 1.72. The highest BCUT2D eigenvalue weighted by atomic mass is 16.6. The van der Waals surface area contributed by atoms with Crippen molar-refractivity contribution in [3.63, 3.8) is 0 Å². The maximum absolute atomic E-state index is 13.2. The van der Waals surface area contributed by atoms with Crippen molar-refractivity contribution in [1.29, 1.82) is 0 Å². The van der Waals surface area contributed by atoms with E-state index in [2.05, 4.69) is 25.8 Å². The predicted octanol–water partition coefficient (Wildman–Crippen LogP) is 4.91. The van der Waals surface area contributed by atoms with Gasteiger partial charge < -0.3 is 5.11 Å². The number of benzene rings is 2. The van der Waals surface area contributed by atoms with Crippen LogP contribution in [-0.4, -0.2) is 26.7 Å². The summed E-state index contributed by atoms with van der Waals surface area (Å²) in [6.45, 7) is 6.22. The molecule has 1 N–H and O–H groups in total. The molecule has 3 aromatic rings. The molecule has 1 amide bonds. The summed E-state index contributed by atoms with van der Waals surface area (Å²) >= 11 is 0. The molecule has 1 saturated heterocycles. The minimum Gasteiger partial charge on any atom is -0.507 e. The Bertz CT molecular complexity index is 1310. The molecule has 1 unspecified atom stereocenters. The third kappa shape index (κ3) is 4.05. The molecule has 0 aliphatic carbocycles. The lowest BCUT2D eigenvalue weighted by Crippen LogP contribution is -2.29. The van der Waals surface area contributed by atoms with Gasteiger partial charge in [-0.1, -0.05) is 45.0 Å². The predicted molar refractivity (Wildman–Crippen MR) is 127 cm³/mol. The molecule has 4 rings (SSSR count). The largest absolute Gasteiger partial charge is 0.507 e. The van der Waals surface area contributed by atoms with Crippen LogP contribution in [0.3, 0.4) is 0 Å². The summed E-state index contributed by atoms with van der Waals surface area (Å²) < 4.78 is 0. The molecule has 34 heavy (non-hydrogen) atoms. The maximum Gasteiger partial charge on any atom is 0.300 e. The summed E-state index contributed by atoms with van der Waals surface area (Å²) in [5, 5.41) is 22.3. The summed E-state index contributed by atoms with van der Waals surface area (Å²) in [7, 11) is 0. The number of carbonyl (C=O) groups is 2. The van der Waals surface area contributed by atoms with Crippen molar-refractivity contribution < 1.29 is 19.6 Å². The number of amides is 1. The van der Waals surface area contributed by atoms with Crippen molar-refractivity contribution >= 4 is 28.8 Å². The van der Waals surface area contributed by atoms with Gasteiger partial charge in [-0.15, -0.1) is 0 Å². The van der Waals surface area contributed by atoms with E-state index >= 15 is 0 Å². The zero-order valence-electron chi connectivity index (χ0n) is 18.9. The van der Waals surface area contributed by atoms with E-state index in [1.807, 2.05) is 12.1 Å². The molecule has 0 saturated carbocycles. The lowest BCUT2D eigenvalue weighted by atomic mass is 9.87. The SMILES string of the molecule is CC(C)(C)c1ccc(N2C(=O)C(=O)/C(=C(\O)c3cccc([N+](=O)[O-])c3)C2c2ccncc2)cc1. The van der Waals surface area contributed by atoms with Gasteiger partial charge in [0, 0.05) is 35.8 Å². The Hall–Kier alpha value is -4.33. The first kappa shape index (κ1) is 22.8. The lowest BCUT2D eigenvalue weighted by molar-refractivity contribution is -0.384. The fourth-order valence-electron chi connectivity index (χ4n) is 4.00. The van der Waals surface area contributed by atoms with Crippen LogP contribution in [0.4, 0.5) is 11.4 Å². The highest BCUT2D eigenvalue weighted by Gasteiger charge is 2.47. The monoisotopic (exact) mass is 457 g/mol. The quantitative estimate of drug-likeness (QED) is 0.196. The van der Waals surface area contributed by atoms with Crippen LogP contribution in [0.2, 0.25) is 0 Å². The van der Waals surface area contributed by atoms with Crippen LogP contribution in [0.25, 0.3) is 5.76 Å². The number of aliphatic hydroxyl groups is 1. The van der Waals surface area contributed by atoms with E-state index < -0.39 is 28.4 Å². The second-order valence-corrected chi connectivity index (χ2v) is 9.05. The average Bonchev–Trinajstić information content (AvgIpc) is 3.09. The molecule has 2 heterocycles. The number of nitro groups is 1. The number of ketones is 1. The number of nitro benzene ring substituents is 1. The van der Waals surface area contributed by atoms with Crippen molar-refractivity contribution in [3.8, 4) is 0 Å². The van der Waals surface area contributed by atoms with E-state index in [0.29, 0.717) is 11.3 Å². The van der Waals surface area contributed by atoms with Gasteiger partial charge in [0.1, 0.15) is 5.76 Å². The number of pyridine rings is 1. The van der Waals surface area contributed by atoms with Crippen molar-refractivity contribution in [3.05, 3.63) is 105 Å². The van der Waals surface area contributed by atoms with E-state index in [0.717, 1.165) is 5.56 Å². The van der Waals surface area contributed by atoms with Crippen LogP contribution in [0.15, 0.2) is 78.6 Å². The fraction of sp³-hybridized carbons (Fsp3) is 0.192. The minimum atomic E-state index is -0.928. The summed E-state index contributed by atoms with van der Waals surface area (Å²) in [6.07, 6.45) is 3.07. The number of aliphatic hydroxyl groups excluding tert-OH is 1. The maximum atomic E-state index is 13.2. The van der Waals surface area contributed by atoms with Crippen LogP contribution >= 0.6 is 0 Å². The van der Waals surface area contributed by atoms with E-state index in [1.165, 1.54) is 41.6 Å². The number of anilines is 1. The standard InChI is InChI=1S/C26H23N3O5/c1-26(2,3)18-7-9-19(10-8-18)28-22(16-11-13-27-14-12-16)21(24(31)25(28)32)23(30)17-5-4-6-20(15-17)29(33)34/h4-15,22,30H,1-3H3/b23-21-. The lowest BCUT2D eigenvalue weighted by Gasteiger charge is -2.26. The third-order valence-corrected chi connectivity index (χ3v) is 5.81. The van der Waals surface area contributed by atoms with Crippen LogP contribution in [0.1, 0.15) is 43.5 Å². The highest BCUT2D eigenvalue weighted by Crippen LogP contribution is 2.42. The van der Waals surface area contributed by atoms with Gasteiger partial charge in [0.15, 0.2) is 0 Å². The van der Waals surface area contributed by atoms with Crippen LogP contribution in [-0.2, 0) is 15.0 Å². The van der Waals surface area contributed by atoms with Crippen LogP contribution < -0.4 is 4.90 Å². The molecule has 8 heteroatoms. The second kappa shape index (κ2) is 8.55. The Morgan fingerprint density at radius 2 is 1.68 bits per heavy atom. The first-order valence-electron chi connectivity index (χ1n) is 10.7. The van der Waals surface area contributed by atoms with E-state index in [-0.39, 0.29) is 22.2 Å². The Morgan fingerprint density at radius 3 is 2.26 bits per heavy atom. The molecule has 0 bridgehead atoms. The van der Waals surface area contributed by atoms with Gasteiger partial charge in [-0.25, -0.2) is 0 Å². The van der Waals surface area contributed by atoms with Gasteiger partial charge >= 0.3 is 0 Å². The molecule has 8 nitrogen and oxygen atoms in total. The highest BCUT2D eigenvalue weighted by molar-refractivity contribution is 6.51. The number of aromatic nitrogens is 1. The van der Waals surface area contributed by atoms with Gasteiger partial charge in [-0.05, 0) is 40.8 Å². The van der Waals surface area contributed by atoms with Gasteiger partial charge in [-0.3, -0.25) is 29.6 Å². The number of hydrogen-bond donors (Lipinski definition) is 1. The summed E-state index contributed by atoms with van der Waals surface area (Å²) in [6, 6.07) is 15.1. The molecule has 1 fully saturated rings. The zero-order chi connectivity index (χ0) is 24.6. The van der Waals surface area contributed by atoms with Crippen LogP contribution in [0.5, 0.6) is 0 Å². The molecular weight excluding hydrogens is 434 g/mol. The number of non-ortho nitro benzene ring substituents is 1. The molecular formula is C26H23N3O5. The number of carbonyl (C=O) groups excluding carboxylic acids is 2. The molecule has 1 atom stereocenters. The first-order valence-corrected chi connectivity index (χ1v) is 10.7. The van der Waals surface area contributed by atoms with Crippen molar-refractivity contribution in [2.24, 2.45) is 0 Å². The summed E-state index contributed by atoms with van der Waals surface area (Å²) in [4.78, 5) is 42.3. The topological polar surface area (TPSA) is 114 Å². The average molecular weight is 457 g/mol. The zero-order valence-corrected chi connectivity index (χ0v) is 18.9. The number of Topliss-reactive ketones (excluding diaryl/α,β-unsaturated/α-hetero) is 1. The van der Waals surface area contributed by atoms with Crippen molar-refractivity contribution in [2.75, 3.05) is 4.90 Å². The third-order valence-electron chi connectivity index (χ3n) is 5.81. The van der Waals surface area contributed by atoms with Crippen LogP contribution in [0, 0.1) is 10.1 Å². The normalized spacial score (nSPS) is 17.7. The number of rotatable bonds is 4. The molecule has 0 radical (unpaired) electrons. The van der Waals surface area contributed by atoms with Crippen molar-refractivity contribution in [2.45, 2.75) is 32.2 Å². The molecule has 2 aromatic carbocycles. The van der Waals surface area contributed by atoms with Gasteiger partial charge in [-0.2, -0.15) is 0 Å². The van der Waals surface area contributed by atoms with Gasteiger partial charge in [0.05, 0.1) is 16.5 Å². The second-order valence-electron chi connectivity index (χ2n) is 9.05.